The molecule has 1 saturated heterocycles. The molecule has 2 nitrogen and oxygen atoms in total. The molecule has 0 amide bonds. The molecule has 1 N–H and O–H groups in total. The van der Waals surface area contributed by atoms with Gasteiger partial charge in [0.1, 0.15) is 0 Å². The smallest absolute Gasteiger partial charge is 0.0586 e. The molecule has 66 valence electrons. The van der Waals surface area contributed by atoms with Gasteiger partial charge in [-0.15, -0.1) is 0 Å². The second-order valence-electron chi connectivity index (χ2n) is 3.34. The lowest BCUT2D eigenvalue weighted by molar-refractivity contribution is 0.101. The molecule has 11 heavy (non-hydrogen) atoms. The van der Waals surface area contributed by atoms with Gasteiger partial charge in [0.25, 0.3) is 0 Å². The molecule has 1 atom stereocenters. The van der Waals surface area contributed by atoms with Gasteiger partial charge in [0, 0.05) is 6.04 Å². The summed E-state index contributed by atoms with van der Waals surface area (Å²) in [5, 5.41) is 9.04. The minimum absolute atomic E-state index is 0.330. The molecule has 0 aromatic carbocycles. The molecule has 2 heteroatoms. The third kappa shape index (κ3) is 2.46. The fourth-order valence-corrected chi connectivity index (χ4v) is 1.79. The minimum Gasteiger partial charge on any atom is -0.395 e. The fourth-order valence-electron chi connectivity index (χ4n) is 1.79. The highest BCUT2D eigenvalue weighted by molar-refractivity contribution is 4.72. The maximum Gasteiger partial charge on any atom is 0.0586 e. The van der Waals surface area contributed by atoms with E-state index in [9.17, 15) is 0 Å². The highest BCUT2D eigenvalue weighted by Crippen LogP contribution is 2.13. The van der Waals surface area contributed by atoms with E-state index in [4.69, 9.17) is 5.11 Å². The van der Waals surface area contributed by atoms with Crippen LogP contribution in [0, 0.1) is 0 Å². The van der Waals surface area contributed by atoms with Crippen LogP contribution in [-0.2, 0) is 0 Å². The number of piperidine rings is 1. The number of nitrogens with zero attached hydrogens (tertiary/aromatic N) is 1. The van der Waals surface area contributed by atoms with Crippen molar-refractivity contribution in [3.8, 4) is 0 Å². The average Bonchev–Trinajstić information content (AvgIpc) is 2.09. The monoisotopic (exact) mass is 157 g/mol. The molecule has 1 aliphatic rings. The zero-order chi connectivity index (χ0) is 8.10. The second kappa shape index (κ2) is 4.73. The first-order chi connectivity index (χ1) is 5.38. The molecule has 0 aromatic rings. The minimum atomic E-state index is 0.330. The molecule has 0 spiro atoms. The van der Waals surface area contributed by atoms with Gasteiger partial charge in [-0.2, -0.15) is 0 Å². The third-order valence-corrected chi connectivity index (χ3v) is 2.59. The van der Waals surface area contributed by atoms with Crippen molar-refractivity contribution in [3.05, 3.63) is 0 Å². The van der Waals surface area contributed by atoms with Crippen molar-refractivity contribution < 1.29 is 5.11 Å². The first kappa shape index (κ1) is 9.01. The van der Waals surface area contributed by atoms with Crippen LogP contribution >= 0.6 is 0 Å². The Hall–Kier alpha value is -0.0800. The van der Waals surface area contributed by atoms with Gasteiger partial charge in [0.05, 0.1) is 6.61 Å². The van der Waals surface area contributed by atoms with E-state index in [1.165, 1.54) is 32.4 Å². The zero-order valence-electron chi connectivity index (χ0n) is 7.42. The number of aliphatic hydroxyl groups is 1. The summed E-state index contributed by atoms with van der Waals surface area (Å²) in [5.74, 6) is 0. The van der Waals surface area contributed by atoms with Crippen LogP contribution in [0.4, 0.5) is 0 Å². The molecule has 0 saturated carbocycles. The second-order valence-corrected chi connectivity index (χ2v) is 3.34. The van der Waals surface area contributed by atoms with E-state index >= 15 is 0 Å². The van der Waals surface area contributed by atoms with E-state index in [1.807, 2.05) is 0 Å². The van der Waals surface area contributed by atoms with Crippen molar-refractivity contribution in [2.75, 3.05) is 19.7 Å². The normalized spacial score (nSPS) is 23.5. The van der Waals surface area contributed by atoms with Gasteiger partial charge in [0.15, 0.2) is 0 Å². The van der Waals surface area contributed by atoms with Gasteiger partial charge in [-0.05, 0) is 32.4 Å². The maximum absolute atomic E-state index is 9.04. The van der Waals surface area contributed by atoms with Crippen LogP contribution in [-0.4, -0.2) is 35.7 Å². The Bertz CT molecular complexity index is 95.7. The summed E-state index contributed by atoms with van der Waals surface area (Å²) in [7, 11) is 0. The topological polar surface area (TPSA) is 23.5 Å². The van der Waals surface area contributed by atoms with Crippen molar-refractivity contribution >= 4 is 0 Å². The number of hydrogen-bond donors (Lipinski definition) is 1. The Morgan fingerprint density at radius 1 is 1.27 bits per heavy atom. The lowest BCUT2D eigenvalue weighted by Gasteiger charge is -2.32. The van der Waals surface area contributed by atoms with Crippen molar-refractivity contribution in [3.63, 3.8) is 0 Å². The van der Waals surface area contributed by atoms with Crippen LogP contribution in [0.25, 0.3) is 0 Å². The summed E-state index contributed by atoms with van der Waals surface area (Å²) < 4.78 is 0. The SMILES string of the molecule is CC[C@H](CO)N1CCCCC1. The van der Waals surface area contributed by atoms with Gasteiger partial charge in [0.2, 0.25) is 0 Å². The highest BCUT2D eigenvalue weighted by Gasteiger charge is 2.17. The Morgan fingerprint density at radius 3 is 2.36 bits per heavy atom. The lowest BCUT2D eigenvalue weighted by Crippen LogP contribution is -2.40. The molecule has 0 aliphatic carbocycles. The van der Waals surface area contributed by atoms with E-state index in [1.54, 1.807) is 0 Å². The van der Waals surface area contributed by atoms with Crippen molar-refractivity contribution in [1.82, 2.24) is 4.90 Å². The molecule has 0 aromatic heterocycles. The quantitative estimate of drug-likeness (QED) is 0.666. The summed E-state index contributed by atoms with van der Waals surface area (Å²) in [6.45, 7) is 4.87. The average molecular weight is 157 g/mol. The molecule has 1 rings (SSSR count). The number of hydrogen-bond acceptors (Lipinski definition) is 2. The van der Waals surface area contributed by atoms with Gasteiger partial charge < -0.3 is 5.11 Å². The molecular weight excluding hydrogens is 138 g/mol. The Labute approximate surface area is 69.2 Å². The first-order valence-electron chi connectivity index (χ1n) is 4.73. The largest absolute Gasteiger partial charge is 0.395 e. The predicted octanol–water partition coefficient (Wildman–Crippen LogP) is 1.24. The van der Waals surface area contributed by atoms with Gasteiger partial charge in [-0.25, -0.2) is 0 Å². The lowest BCUT2D eigenvalue weighted by atomic mass is 10.1. The van der Waals surface area contributed by atoms with Crippen molar-refractivity contribution in [2.24, 2.45) is 0 Å². The summed E-state index contributed by atoms with van der Waals surface area (Å²) in [4.78, 5) is 2.42. The first-order valence-corrected chi connectivity index (χ1v) is 4.73. The molecule has 0 unspecified atom stereocenters. The van der Waals surface area contributed by atoms with Gasteiger partial charge in [-0.1, -0.05) is 13.3 Å². The molecule has 1 heterocycles. The molecule has 1 aliphatic heterocycles. The summed E-state index contributed by atoms with van der Waals surface area (Å²) in [5.41, 5.74) is 0. The van der Waals surface area contributed by atoms with Crippen LogP contribution in [0.1, 0.15) is 32.6 Å². The van der Waals surface area contributed by atoms with Crippen LogP contribution in [0.2, 0.25) is 0 Å². The standard InChI is InChI=1S/C9H19NO/c1-2-9(8-11)10-6-4-3-5-7-10/h9,11H,2-8H2,1H3/t9-/m1/s1. The Morgan fingerprint density at radius 2 is 1.91 bits per heavy atom. The van der Waals surface area contributed by atoms with Crippen LogP contribution in [0.5, 0.6) is 0 Å². The summed E-state index contributed by atoms with van der Waals surface area (Å²) in [6.07, 6.45) is 5.09. The number of aliphatic hydroxyl groups excluding tert-OH is 1. The zero-order valence-corrected chi connectivity index (χ0v) is 7.42. The van der Waals surface area contributed by atoms with E-state index in [0.717, 1.165) is 6.42 Å². The summed E-state index contributed by atoms with van der Waals surface area (Å²) >= 11 is 0. The van der Waals surface area contributed by atoms with Crippen molar-refractivity contribution in [1.29, 1.82) is 0 Å². The highest BCUT2D eigenvalue weighted by atomic mass is 16.3. The van der Waals surface area contributed by atoms with Crippen molar-refractivity contribution in [2.45, 2.75) is 38.6 Å². The fraction of sp³-hybridized carbons (Fsp3) is 1.00. The van der Waals surface area contributed by atoms with Crippen LogP contribution in [0.15, 0.2) is 0 Å². The van der Waals surface area contributed by atoms with Crippen LogP contribution in [0.3, 0.4) is 0 Å². The maximum atomic E-state index is 9.04. The van der Waals surface area contributed by atoms with Gasteiger partial charge in [-0.3, -0.25) is 4.90 Å². The van der Waals surface area contributed by atoms with E-state index in [0.29, 0.717) is 12.6 Å². The molecule has 0 radical (unpaired) electrons. The Kier molecular flexibility index (Phi) is 3.87. The number of likely N-dealkylation sites (tertiary alicyclic amines) is 1. The van der Waals surface area contributed by atoms with E-state index < -0.39 is 0 Å². The molecule has 0 bridgehead atoms. The predicted molar refractivity (Wildman–Crippen MR) is 46.6 cm³/mol. The molecule has 1 fully saturated rings. The van der Waals surface area contributed by atoms with Gasteiger partial charge >= 0.3 is 0 Å². The van der Waals surface area contributed by atoms with E-state index in [-0.39, 0.29) is 0 Å². The Balaban J connectivity index is 2.30. The van der Waals surface area contributed by atoms with E-state index in [2.05, 4.69) is 11.8 Å². The number of rotatable bonds is 3. The molecular formula is C9H19NO. The summed E-state index contributed by atoms with van der Waals surface area (Å²) in [6, 6.07) is 0.426. The van der Waals surface area contributed by atoms with Crippen LogP contribution < -0.4 is 0 Å². The third-order valence-electron chi connectivity index (χ3n) is 2.59.